The lowest BCUT2D eigenvalue weighted by Gasteiger charge is -2.30. The molecule has 1 nitrogen and oxygen atoms in total. The summed E-state index contributed by atoms with van der Waals surface area (Å²) in [7, 11) is 0. The lowest BCUT2D eigenvalue weighted by molar-refractivity contribution is 0.347. The van der Waals surface area contributed by atoms with E-state index in [0.717, 1.165) is 37.5 Å². The third-order valence-electron chi connectivity index (χ3n) is 7.47. The predicted molar refractivity (Wildman–Crippen MR) is 123 cm³/mol. The van der Waals surface area contributed by atoms with Crippen LogP contribution < -0.4 is 4.74 Å². The molecule has 0 heterocycles. The Morgan fingerprint density at radius 2 is 1.23 bits per heavy atom. The molecule has 31 heavy (non-hydrogen) atoms. The standard InChI is InChI=1S/C28H34F2O/c1-3-18-31-26-17-16-25(27(29)28(26)30)24-14-12-23(13-15-24)22-10-8-21(9-11-22)20-6-4-19(2)5-7-20/h3,8-11,16-20,23-24H,4-7,12-15H2,1-2H3/b18-3+. The highest BCUT2D eigenvalue weighted by molar-refractivity contribution is 5.34. The molecule has 2 aromatic rings. The van der Waals surface area contributed by atoms with Gasteiger partial charge in [-0.2, -0.15) is 4.39 Å². The third kappa shape index (κ3) is 5.02. The van der Waals surface area contributed by atoms with Crippen LogP contribution >= 0.6 is 0 Å². The number of benzene rings is 2. The fraction of sp³-hybridized carbons (Fsp3) is 0.500. The fourth-order valence-electron chi connectivity index (χ4n) is 5.47. The van der Waals surface area contributed by atoms with E-state index in [0.29, 0.717) is 11.5 Å². The third-order valence-corrected chi connectivity index (χ3v) is 7.47. The molecule has 0 radical (unpaired) electrons. The number of rotatable bonds is 5. The SMILES string of the molecule is C/C=C/Oc1ccc(C2CCC(c3ccc(C4CCC(C)CC4)cc3)CC2)c(F)c1F. The minimum Gasteiger partial charge on any atom is -0.462 e. The molecule has 4 rings (SSSR count). The van der Waals surface area contributed by atoms with Gasteiger partial charge in [0.25, 0.3) is 0 Å². The zero-order chi connectivity index (χ0) is 21.8. The van der Waals surface area contributed by atoms with Gasteiger partial charge in [-0.3, -0.25) is 0 Å². The number of halogens is 2. The summed E-state index contributed by atoms with van der Waals surface area (Å²) >= 11 is 0. The van der Waals surface area contributed by atoms with E-state index in [-0.39, 0.29) is 11.7 Å². The average molecular weight is 425 g/mol. The van der Waals surface area contributed by atoms with Crippen molar-refractivity contribution in [3.05, 3.63) is 77.1 Å². The largest absolute Gasteiger partial charge is 0.462 e. The Labute approximate surface area is 185 Å². The molecule has 0 saturated heterocycles. The van der Waals surface area contributed by atoms with E-state index in [1.165, 1.54) is 43.1 Å². The van der Waals surface area contributed by atoms with Crippen molar-refractivity contribution in [3.8, 4) is 5.75 Å². The molecular weight excluding hydrogens is 390 g/mol. The van der Waals surface area contributed by atoms with Gasteiger partial charge in [-0.05, 0) is 91.9 Å². The summed E-state index contributed by atoms with van der Waals surface area (Å²) in [5, 5.41) is 0. The maximum Gasteiger partial charge on any atom is 0.201 e. The van der Waals surface area contributed by atoms with E-state index in [1.807, 2.05) is 0 Å². The summed E-state index contributed by atoms with van der Waals surface area (Å²) in [6, 6.07) is 12.5. The first-order valence-electron chi connectivity index (χ1n) is 11.9. The molecule has 0 aromatic heterocycles. The molecule has 3 heteroatoms. The lowest BCUT2D eigenvalue weighted by atomic mass is 9.75. The topological polar surface area (TPSA) is 9.23 Å². The van der Waals surface area contributed by atoms with Crippen molar-refractivity contribution in [2.75, 3.05) is 0 Å². The molecule has 0 amide bonds. The van der Waals surface area contributed by atoms with Crippen LogP contribution in [0.15, 0.2) is 48.7 Å². The van der Waals surface area contributed by atoms with Crippen LogP contribution in [-0.4, -0.2) is 0 Å². The van der Waals surface area contributed by atoms with E-state index >= 15 is 0 Å². The summed E-state index contributed by atoms with van der Waals surface area (Å²) in [4.78, 5) is 0. The highest BCUT2D eigenvalue weighted by Gasteiger charge is 2.27. The van der Waals surface area contributed by atoms with E-state index in [9.17, 15) is 8.78 Å². The first-order chi connectivity index (χ1) is 15.1. The Morgan fingerprint density at radius 3 is 1.77 bits per heavy atom. The van der Waals surface area contributed by atoms with Crippen molar-refractivity contribution >= 4 is 0 Å². The molecule has 0 N–H and O–H groups in total. The van der Waals surface area contributed by atoms with Crippen molar-refractivity contribution in [1.29, 1.82) is 0 Å². The van der Waals surface area contributed by atoms with Gasteiger partial charge >= 0.3 is 0 Å². The Morgan fingerprint density at radius 1 is 0.710 bits per heavy atom. The molecule has 0 unspecified atom stereocenters. The second-order valence-electron chi connectivity index (χ2n) is 9.54. The van der Waals surface area contributed by atoms with Gasteiger partial charge in [0.05, 0.1) is 6.26 Å². The van der Waals surface area contributed by atoms with Gasteiger partial charge in [0, 0.05) is 0 Å². The Balaban J connectivity index is 1.37. The molecule has 2 aliphatic carbocycles. The van der Waals surface area contributed by atoms with E-state index < -0.39 is 11.6 Å². The highest BCUT2D eigenvalue weighted by Crippen LogP contribution is 2.43. The average Bonchev–Trinajstić information content (AvgIpc) is 2.81. The van der Waals surface area contributed by atoms with Crippen LogP contribution in [0.25, 0.3) is 0 Å². The molecular formula is C28H34F2O. The first-order valence-corrected chi connectivity index (χ1v) is 11.9. The van der Waals surface area contributed by atoms with Crippen LogP contribution in [0.1, 0.15) is 99.7 Å². The van der Waals surface area contributed by atoms with Crippen LogP contribution in [0.4, 0.5) is 8.78 Å². The molecule has 0 bridgehead atoms. The van der Waals surface area contributed by atoms with Crippen LogP contribution in [0.2, 0.25) is 0 Å². The van der Waals surface area contributed by atoms with Crippen molar-refractivity contribution in [3.63, 3.8) is 0 Å². The number of ether oxygens (including phenoxy) is 1. The van der Waals surface area contributed by atoms with Crippen molar-refractivity contribution < 1.29 is 13.5 Å². The molecule has 0 aliphatic heterocycles. The molecule has 2 saturated carbocycles. The summed E-state index contributed by atoms with van der Waals surface area (Å²) < 4.78 is 34.2. The van der Waals surface area contributed by atoms with Crippen molar-refractivity contribution in [1.82, 2.24) is 0 Å². The zero-order valence-corrected chi connectivity index (χ0v) is 18.7. The maximum absolute atomic E-state index is 14.7. The number of hydrogen-bond donors (Lipinski definition) is 0. The van der Waals surface area contributed by atoms with Crippen LogP contribution in [0, 0.1) is 17.6 Å². The molecule has 166 valence electrons. The molecule has 2 aliphatic rings. The van der Waals surface area contributed by atoms with Gasteiger partial charge in [0.15, 0.2) is 11.6 Å². The Hall–Kier alpha value is -2.16. The molecule has 0 atom stereocenters. The smallest absolute Gasteiger partial charge is 0.201 e. The van der Waals surface area contributed by atoms with Gasteiger partial charge in [-0.15, -0.1) is 0 Å². The second kappa shape index (κ2) is 9.97. The molecule has 2 fully saturated rings. The predicted octanol–water partition coefficient (Wildman–Crippen LogP) is 8.61. The van der Waals surface area contributed by atoms with Crippen LogP contribution in [0.3, 0.4) is 0 Å². The zero-order valence-electron chi connectivity index (χ0n) is 18.7. The van der Waals surface area contributed by atoms with E-state index in [2.05, 4.69) is 31.2 Å². The summed E-state index contributed by atoms with van der Waals surface area (Å²) in [6.45, 7) is 4.13. The second-order valence-corrected chi connectivity index (χ2v) is 9.54. The fourth-order valence-corrected chi connectivity index (χ4v) is 5.47. The van der Waals surface area contributed by atoms with Gasteiger partial charge in [-0.1, -0.05) is 56.2 Å². The van der Waals surface area contributed by atoms with Crippen LogP contribution in [0.5, 0.6) is 5.75 Å². The summed E-state index contributed by atoms with van der Waals surface area (Å²) in [5.41, 5.74) is 3.38. The van der Waals surface area contributed by atoms with E-state index in [4.69, 9.17) is 4.74 Å². The number of hydrogen-bond acceptors (Lipinski definition) is 1. The minimum absolute atomic E-state index is 0.0550. The van der Waals surface area contributed by atoms with Gasteiger partial charge in [0.2, 0.25) is 5.82 Å². The summed E-state index contributed by atoms with van der Waals surface area (Å²) in [6.07, 6.45) is 12.1. The summed E-state index contributed by atoms with van der Waals surface area (Å²) in [5.74, 6) is 0.494. The monoisotopic (exact) mass is 424 g/mol. The van der Waals surface area contributed by atoms with Gasteiger partial charge in [0.1, 0.15) is 0 Å². The quantitative estimate of drug-likeness (QED) is 0.437. The van der Waals surface area contributed by atoms with Crippen LogP contribution in [-0.2, 0) is 0 Å². The highest BCUT2D eigenvalue weighted by atomic mass is 19.2. The van der Waals surface area contributed by atoms with Crippen molar-refractivity contribution in [2.24, 2.45) is 5.92 Å². The normalized spacial score (nSPS) is 26.8. The molecule has 0 spiro atoms. The maximum atomic E-state index is 14.7. The Bertz CT molecular complexity index is 886. The lowest BCUT2D eigenvalue weighted by Crippen LogP contribution is -2.14. The van der Waals surface area contributed by atoms with E-state index in [1.54, 1.807) is 25.1 Å². The first kappa shape index (κ1) is 22.0. The van der Waals surface area contributed by atoms with Crippen molar-refractivity contribution in [2.45, 2.75) is 83.0 Å². The van der Waals surface area contributed by atoms with Gasteiger partial charge in [-0.25, -0.2) is 4.39 Å². The Kier molecular flexibility index (Phi) is 7.09. The molecule has 2 aromatic carbocycles. The minimum atomic E-state index is -0.884. The van der Waals surface area contributed by atoms with Gasteiger partial charge < -0.3 is 4.74 Å². The number of allylic oxidation sites excluding steroid dienone is 1.